The Balaban J connectivity index is 2.05. The van der Waals surface area contributed by atoms with Crippen LogP contribution in [0.1, 0.15) is 32.8 Å². The quantitative estimate of drug-likeness (QED) is 0.325. The Morgan fingerprint density at radius 2 is 1.45 bits per heavy atom. The standard InChI is InChI=1S/C29H33F2N3O5S/c1-4-27(29(36)32-5-2)33(19-21-7-9-22(30)10-8-21)28(35)20-34(24-13-15-25(16-14-24)39-6-3)40(37,38)26-17-11-23(31)12-18-26/h7-18,27H,4-6,19-20H2,1-3H3,(H,32,36). The minimum Gasteiger partial charge on any atom is -0.494 e. The van der Waals surface area contributed by atoms with Crippen molar-refractivity contribution in [2.75, 3.05) is 24.0 Å². The molecule has 1 N–H and O–H groups in total. The Morgan fingerprint density at radius 1 is 0.875 bits per heavy atom. The molecule has 0 fully saturated rings. The highest BCUT2D eigenvalue weighted by atomic mass is 32.2. The second-order valence-electron chi connectivity index (χ2n) is 8.86. The van der Waals surface area contributed by atoms with Crippen LogP contribution >= 0.6 is 0 Å². The molecule has 40 heavy (non-hydrogen) atoms. The Bertz CT molecular complexity index is 1380. The first-order chi connectivity index (χ1) is 19.1. The summed E-state index contributed by atoms with van der Waals surface area (Å²) in [6, 6.07) is 15.0. The minimum absolute atomic E-state index is 0.0531. The number of nitrogens with zero attached hydrogens (tertiary/aromatic N) is 2. The summed E-state index contributed by atoms with van der Waals surface area (Å²) in [4.78, 5) is 27.9. The van der Waals surface area contributed by atoms with Gasteiger partial charge in [-0.05, 0) is 86.5 Å². The van der Waals surface area contributed by atoms with Gasteiger partial charge in [0.05, 0.1) is 17.2 Å². The zero-order chi connectivity index (χ0) is 29.3. The molecule has 11 heteroatoms. The molecule has 0 radical (unpaired) electrons. The van der Waals surface area contributed by atoms with E-state index in [9.17, 15) is 26.8 Å². The predicted molar refractivity (Wildman–Crippen MR) is 148 cm³/mol. The Labute approximate surface area is 233 Å². The van der Waals surface area contributed by atoms with Crippen molar-refractivity contribution >= 4 is 27.5 Å². The first-order valence-corrected chi connectivity index (χ1v) is 14.4. The summed E-state index contributed by atoms with van der Waals surface area (Å²) < 4.78 is 61.0. The monoisotopic (exact) mass is 573 g/mol. The maximum absolute atomic E-state index is 13.9. The number of hydrogen-bond acceptors (Lipinski definition) is 5. The molecule has 1 atom stereocenters. The molecule has 0 heterocycles. The lowest BCUT2D eigenvalue weighted by atomic mass is 10.1. The molecule has 8 nitrogen and oxygen atoms in total. The van der Waals surface area contributed by atoms with Crippen molar-refractivity contribution < 1.29 is 31.5 Å². The molecule has 0 aliphatic rings. The molecule has 0 aliphatic carbocycles. The average Bonchev–Trinajstić information content (AvgIpc) is 2.93. The van der Waals surface area contributed by atoms with Crippen LogP contribution in [0.25, 0.3) is 0 Å². The number of sulfonamides is 1. The van der Waals surface area contributed by atoms with Crippen molar-refractivity contribution in [3.05, 3.63) is 90.0 Å². The van der Waals surface area contributed by atoms with Gasteiger partial charge < -0.3 is 15.0 Å². The van der Waals surface area contributed by atoms with E-state index < -0.39 is 46.1 Å². The number of anilines is 1. The van der Waals surface area contributed by atoms with Crippen LogP contribution in [0.5, 0.6) is 5.75 Å². The SMILES string of the molecule is CCNC(=O)C(CC)N(Cc1ccc(F)cc1)C(=O)CN(c1ccc(OCC)cc1)S(=O)(=O)c1ccc(F)cc1. The summed E-state index contributed by atoms with van der Waals surface area (Å²) in [6.07, 6.45) is 0.256. The van der Waals surface area contributed by atoms with E-state index >= 15 is 0 Å². The first-order valence-electron chi connectivity index (χ1n) is 12.9. The fourth-order valence-electron chi connectivity index (χ4n) is 4.14. The highest BCUT2D eigenvalue weighted by Gasteiger charge is 2.33. The lowest BCUT2D eigenvalue weighted by Crippen LogP contribution is -2.52. The second kappa shape index (κ2) is 13.9. The van der Waals surface area contributed by atoms with Crippen LogP contribution in [0.2, 0.25) is 0 Å². The van der Waals surface area contributed by atoms with Gasteiger partial charge >= 0.3 is 0 Å². The molecule has 0 saturated carbocycles. The number of rotatable bonds is 13. The number of ether oxygens (including phenoxy) is 1. The second-order valence-corrected chi connectivity index (χ2v) is 10.7. The number of hydrogen-bond donors (Lipinski definition) is 1. The molecule has 0 bridgehead atoms. The molecule has 0 aromatic heterocycles. The minimum atomic E-state index is -4.34. The smallest absolute Gasteiger partial charge is 0.264 e. The zero-order valence-electron chi connectivity index (χ0n) is 22.6. The fourth-order valence-corrected chi connectivity index (χ4v) is 5.55. The third kappa shape index (κ3) is 7.56. The third-order valence-electron chi connectivity index (χ3n) is 6.12. The van der Waals surface area contributed by atoms with E-state index in [1.165, 1.54) is 41.3 Å². The van der Waals surface area contributed by atoms with Crippen molar-refractivity contribution in [2.24, 2.45) is 0 Å². The summed E-state index contributed by atoms with van der Waals surface area (Å²) >= 11 is 0. The van der Waals surface area contributed by atoms with Crippen LogP contribution in [0.15, 0.2) is 77.7 Å². The lowest BCUT2D eigenvalue weighted by molar-refractivity contribution is -0.140. The van der Waals surface area contributed by atoms with Crippen LogP contribution in [0.3, 0.4) is 0 Å². The van der Waals surface area contributed by atoms with Gasteiger partial charge in [0, 0.05) is 13.1 Å². The summed E-state index contributed by atoms with van der Waals surface area (Å²) in [5.41, 5.74) is 0.737. The number of nitrogens with one attached hydrogen (secondary N) is 1. The van der Waals surface area contributed by atoms with Gasteiger partial charge in [-0.25, -0.2) is 17.2 Å². The molecule has 214 valence electrons. The van der Waals surface area contributed by atoms with Gasteiger partial charge in [-0.1, -0.05) is 19.1 Å². The van der Waals surface area contributed by atoms with Crippen molar-refractivity contribution in [2.45, 2.75) is 44.7 Å². The first kappa shape index (κ1) is 30.6. The van der Waals surface area contributed by atoms with Crippen LogP contribution in [-0.4, -0.2) is 50.9 Å². The fraction of sp³-hybridized carbons (Fsp3) is 0.310. The van der Waals surface area contributed by atoms with E-state index in [0.717, 1.165) is 28.6 Å². The Morgan fingerprint density at radius 3 is 1.98 bits per heavy atom. The molecule has 0 aliphatic heterocycles. The van der Waals surface area contributed by atoms with Crippen molar-refractivity contribution in [1.82, 2.24) is 10.2 Å². The summed E-state index contributed by atoms with van der Waals surface area (Å²) in [7, 11) is -4.34. The largest absolute Gasteiger partial charge is 0.494 e. The van der Waals surface area contributed by atoms with Crippen LogP contribution < -0.4 is 14.4 Å². The maximum Gasteiger partial charge on any atom is 0.264 e. The van der Waals surface area contributed by atoms with Crippen LogP contribution in [0, 0.1) is 11.6 Å². The van der Waals surface area contributed by atoms with E-state index in [1.807, 2.05) is 6.92 Å². The maximum atomic E-state index is 13.9. The van der Waals surface area contributed by atoms with Crippen LogP contribution in [-0.2, 0) is 26.2 Å². The number of carbonyl (C=O) groups excluding carboxylic acids is 2. The molecular formula is C29H33F2N3O5S. The van der Waals surface area contributed by atoms with Gasteiger partial charge in [-0.15, -0.1) is 0 Å². The molecule has 3 rings (SSSR count). The topological polar surface area (TPSA) is 96.0 Å². The molecule has 1 unspecified atom stereocenters. The van der Waals surface area contributed by atoms with Gasteiger partial charge in [0.25, 0.3) is 10.0 Å². The zero-order valence-corrected chi connectivity index (χ0v) is 23.5. The van der Waals surface area contributed by atoms with Crippen molar-refractivity contribution in [3.63, 3.8) is 0 Å². The van der Waals surface area contributed by atoms with Gasteiger partial charge in [-0.2, -0.15) is 0 Å². The number of benzene rings is 3. The van der Waals surface area contributed by atoms with Gasteiger partial charge in [0.2, 0.25) is 11.8 Å². The molecule has 2 amide bonds. The van der Waals surface area contributed by atoms with E-state index in [1.54, 1.807) is 26.0 Å². The highest BCUT2D eigenvalue weighted by Crippen LogP contribution is 2.27. The third-order valence-corrected chi connectivity index (χ3v) is 7.91. The number of carbonyl (C=O) groups is 2. The summed E-state index contributed by atoms with van der Waals surface area (Å²) in [5.74, 6) is -1.60. The molecule has 0 saturated heterocycles. The van der Waals surface area contributed by atoms with Gasteiger partial charge in [-0.3, -0.25) is 13.9 Å². The molecule has 0 spiro atoms. The molecule has 3 aromatic carbocycles. The van der Waals surface area contributed by atoms with Crippen LogP contribution in [0.4, 0.5) is 14.5 Å². The Kier molecular flexibility index (Phi) is 10.6. The Hall–Kier alpha value is -3.99. The van der Waals surface area contributed by atoms with Gasteiger partial charge in [0.15, 0.2) is 0 Å². The van der Waals surface area contributed by atoms with E-state index in [-0.39, 0.29) is 23.5 Å². The number of halogens is 2. The molecular weight excluding hydrogens is 540 g/mol. The summed E-state index contributed by atoms with van der Waals surface area (Å²) in [5, 5.41) is 2.72. The van der Waals surface area contributed by atoms with Crippen molar-refractivity contribution in [3.8, 4) is 5.75 Å². The highest BCUT2D eigenvalue weighted by molar-refractivity contribution is 7.92. The van der Waals surface area contributed by atoms with E-state index in [2.05, 4.69) is 5.32 Å². The summed E-state index contributed by atoms with van der Waals surface area (Å²) in [6.45, 7) is 5.35. The van der Waals surface area contributed by atoms with Crippen molar-refractivity contribution in [1.29, 1.82) is 0 Å². The van der Waals surface area contributed by atoms with E-state index in [0.29, 0.717) is 24.5 Å². The predicted octanol–water partition coefficient (Wildman–Crippen LogP) is 4.50. The number of amides is 2. The molecule has 3 aromatic rings. The van der Waals surface area contributed by atoms with E-state index in [4.69, 9.17) is 4.74 Å². The number of likely N-dealkylation sites (N-methyl/N-ethyl adjacent to an activating group) is 1. The van der Waals surface area contributed by atoms with Gasteiger partial charge in [0.1, 0.15) is 30.0 Å². The lowest BCUT2D eigenvalue weighted by Gasteiger charge is -2.33. The average molecular weight is 574 g/mol. The normalized spacial score (nSPS) is 11.9.